The van der Waals surface area contributed by atoms with E-state index in [1.165, 1.54) is 17.7 Å². The van der Waals surface area contributed by atoms with Gasteiger partial charge in [0.05, 0.1) is 11.7 Å². The Kier molecular flexibility index (Phi) is 6.77. The number of carbonyl (C=O) groups is 2. The van der Waals surface area contributed by atoms with Gasteiger partial charge < -0.3 is 14.5 Å². The van der Waals surface area contributed by atoms with E-state index >= 15 is 0 Å². The Hall–Kier alpha value is -3.71. The van der Waals surface area contributed by atoms with Crippen LogP contribution in [0.25, 0.3) is 11.1 Å². The van der Waals surface area contributed by atoms with E-state index in [-0.39, 0.29) is 31.0 Å². The average Bonchev–Trinajstić information content (AvgIpc) is 3.42. The molecule has 5 rings (SSSR count). The molecule has 0 spiro atoms. The molecule has 0 bridgehead atoms. The van der Waals surface area contributed by atoms with Gasteiger partial charge in [0.1, 0.15) is 12.3 Å². The van der Waals surface area contributed by atoms with E-state index in [0.29, 0.717) is 11.4 Å². The fourth-order valence-corrected chi connectivity index (χ4v) is 4.85. The number of ether oxygens (including phenoxy) is 1. The van der Waals surface area contributed by atoms with Gasteiger partial charge in [-0.1, -0.05) is 36.4 Å². The molecule has 0 saturated carbocycles. The number of rotatable bonds is 7. The monoisotopic (exact) mass is 470 g/mol. The van der Waals surface area contributed by atoms with Crippen LogP contribution in [0.15, 0.2) is 73.1 Å². The predicted octanol–water partition coefficient (Wildman–Crippen LogP) is 3.77. The molecule has 7 heteroatoms. The second-order valence-electron chi connectivity index (χ2n) is 9.12. The highest BCUT2D eigenvalue weighted by Crippen LogP contribution is 2.32. The molecule has 3 heterocycles. The molecular weight excluding hydrogens is 440 g/mol. The molecule has 0 N–H and O–H groups in total. The minimum atomic E-state index is -0.205. The van der Waals surface area contributed by atoms with Gasteiger partial charge in [0.2, 0.25) is 5.91 Å². The molecule has 1 aromatic heterocycles. The van der Waals surface area contributed by atoms with Crippen LogP contribution in [-0.4, -0.2) is 66.4 Å². The van der Waals surface area contributed by atoms with E-state index < -0.39 is 0 Å². The quantitative estimate of drug-likeness (QED) is 0.526. The topological polar surface area (TPSA) is 66.0 Å². The van der Waals surface area contributed by atoms with E-state index in [1.807, 2.05) is 43.4 Å². The van der Waals surface area contributed by atoms with Crippen molar-refractivity contribution in [1.82, 2.24) is 14.8 Å². The number of para-hydroxylation sites is 2. The van der Waals surface area contributed by atoms with Crippen molar-refractivity contribution in [3.8, 4) is 16.9 Å². The van der Waals surface area contributed by atoms with Gasteiger partial charge in [0.25, 0.3) is 5.91 Å². The minimum absolute atomic E-state index is 0.0126. The molecule has 2 aromatic carbocycles. The average molecular weight is 471 g/mol. The summed E-state index contributed by atoms with van der Waals surface area (Å²) in [4.78, 5) is 36.0. The number of carbonyl (C=O) groups excluding carboxylic acids is 2. The molecule has 35 heavy (non-hydrogen) atoms. The number of fused-ring (bicyclic) bond motifs is 1. The van der Waals surface area contributed by atoms with Crippen molar-refractivity contribution >= 4 is 17.5 Å². The number of hydrogen-bond acceptors (Lipinski definition) is 5. The summed E-state index contributed by atoms with van der Waals surface area (Å²) in [6, 6.07) is 19.6. The van der Waals surface area contributed by atoms with Crippen LogP contribution in [-0.2, 0) is 9.59 Å². The first-order valence-electron chi connectivity index (χ1n) is 12.1. The fraction of sp³-hybridized carbons (Fsp3) is 0.321. The molecule has 1 atom stereocenters. The number of nitrogens with zero attached hydrogens (tertiary/aromatic N) is 4. The molecule has 1 saturated heterocycles. The van der Waals surface area contributed by atoms with Crippen LogP contribution in [0.2, 0.25) is 0 Å². The highest BCUT2D eigenvalue weighted by atomic mass is 16.5. The zero-order chi connectivity index (χ0) is 24.2. The summed E-state index contributed by atoms with van der Waals surface area (Å²) in [6.45, 7) is 2.79. The maximum atomic E-state index is 13.5. The van der Waals surface area contributed by atoms with Gasteiger partial charge in [-0.15, -0.1) is 0 Å². The number of likely N-dealkylation sites (tertiary alicyclic amines) is 1. The molecule has 1 unspecified atom stereocenters. The van der Waals surface area contributed by atoms with E-state index in [0.717, 1.165) is 36.3 Å². The molecule has 2 amide bonds. The van der Waals surface area contributed by atoms with Gasteiger partial charge in [-0.3, -0.25) is 19.5 Å². The first kappa shape index (κ1) is 23.1. The lowest BCUT2D eigenvalue weighted by molar-refractivity contribution is -0.133. The SMILES string of the molecule is CN(C(=O)CN1C(=O)COc2ccccc21)C(CN1CCCC1)c1ccc(-c2ccncc2)cc1. The Morgan fingerprint density at radius 3 is 2.43 bits per heavy atom. The molecule has 0 radical (unpaired) electrons. The van der Waals surface area contributed by atoms with Crippen LogP contribution in [0.1, 0.15) is 24.4 Å². The van der Waals surface area contributed by atoms with Crippen LogP contribution >= 0.6 is 0 Å². The molecule has 0 aliphatic carbocycles. The third kappa shape index (κ3) is 5.05. The van der Waals surface area contributed by atoms with Gasteiger partial charge in [0, 0.05) is 26.0 Å². The number of benzene rings is 2. The summed E-state index contributed by atoms with van der Waals surface area (Å²) in [7, 11) is 1.84. The lowest BCUT2D eigenvalue weighted by atomic mass is 10.00. The molecule has 3 aromatic rings. The molecule has 2 aliphatic heterocycles. The molecule has 1 fully saturated rings. The number of aromatic nitrogens is 1. The van der Waals surface area contributed by atoms with E-state index in [2.05, 4.69) is 34.1 Å². The van der Waals surface area contributed by atoms with Crippen molar-refractivity contribution in [2.24, 2.45) is 0 Å². The van der Waals surface area contributed by atoms with Gasteiger partial charge in [-0.2, -0.15) is 0 Å². The normalized spacial score (nSPS) is 16.5. The smallest absolute Gasteiger partial charge is 0.265 e. The number of hydrogen-bond donors (Lipinski definition) is 0. The number of pyridine rings is 1. The summed E-state index contributed by atoms with van der Waals surface area (Å²) in [5, 5.41) is 0. The summed E-state index contributed by atoms with van der Waals surface area (Å²) in [6.07, 6.45) is 5.95. The summed E-state index contributed by atoms with van der Waals surface area (Å²) >= 11 is 0. The largest absolute Gasteiger partial charge is 0.482 e. The van der Waals surface area contributed by atoms with Crippen molar-refractivity contribution in [3.63, 3.8) is 0 Å². The standard InChI is InChI=1S/C28H30N4O3/c1-30(27(33)19-32-24-6-2-3-7-26(24)35-20-28(32)34)25(18-31-16-4-5-17-31)23-10-8-21(9-11-23)22-12-14-29-15-13-22/h2-3,6-15,25H,4-5,16-20H2,1H3. The number of likely N-dealkylation sites (N-methyl/N-ethyl adjacent to an activating group) is 1. The lowest BCUT2D eigenvalue weighted by Gasteiger charge is -2.35. The number of amides is 2. The van der Waals surface area contributed by atoms with Gasteiger partial charge in [-0.25, -0.2) is 0 Å². The predicted molar refractivity (Wildman–Crippen MR) is 135 cm³/mol. The maximum Gasteiger partial charge on any atom is 0.265 e. The highest BCUT2D eigenvalue weighted by Gasteiger charge is 2.31. The van der Waals surface area contributed by atoms with Crippen molar-refractivity contribution in [2.75, 3.05) is 44.7 Å². The Morgan fingerprint density at radius 2 is 1.69 bits per heavy atom. The van der Waals surface area contributed by atoms with Gasteiger partial charge >= 0.3 is 0 Å². The van der Waals surface area contributed by atoms with E-state index in [9.17, 15) is 9.59 Å². The lowest BCUT2D eigenvalue weighted by Crippen LogP contribution is -2.47. The van der Waals surface area contributed by atoms with E-state index in [4.69, 9.17) is 4.74 Å². The van der Waals surface area contributed by atoms with Crippen LogP contribution in [0, 0.1) is 0 Å². The summed E-state index contributed by atoms with van der Waals surface area (Å²) in [5.41, 5.74) is 3.94. The van der Waals surface area contributed by atoms with Crippen LogP contribution < -0.4 is 9.64 Å². The Balaban J connectivity index is 1.38. The van der Waals surface area contributed by atoms with Crippen LogP contribution in [0.3, 0.4) is 0 Å². The first-order valence-corrected chi connectivity index (χ1v) is 12.1. The maximum absolute atomic E-state index is 13.5. The first-order chi connectivity index (χ1) is 17.1. The van der Waals surface area contributed by atoms with Crippen LogP contribution in [0.4, 0.5) is 5.69 Å². The van der Waals surface area contributed by atoms with Crippen molar-refractivity contribution in [3.05, 3.63) is 78.6 Å². The van der Waals surface area contributed by atoms with E-state index in [1.54, 1.807) is 17.3 Å². The number of anilines is 1. The fourth-order valence-electron chi connectivity index (χ4n) is 4.85. The van der Waals surface area contributed by atoms with Gasteiger partial charge in [-0.05, 0) is 66.9 Å². The van der Waals surface area contributed by atoms with Gasteiger partial charge in [0.15, 0.2) is 6.61 Å². The zero-order valence-corrected chi connectivity index (χ0v) is 20.0. The minimum Gasteiger partial charge on any atom is -0.482 e. The van der Waals surface area contributed by atoms with Crippen molar-refractivity contribution in [2.45, 2.75) is 18.9 Å². The summed E-state index contributed by atoms with van der Waals surface area (Å²) < 4.78 is 5.53. The van der Waals surface area contributed by atoms with Crippen LogP contribution in [0.5, 0.6) is 5.75 Å². The summed E-state index contributed by atoms with van der Waals surface area (Å²) in [5.74, 6) is 0.323. The Bertz CT molecular complexity index is 1180. The second-order valence-corrected chi connectivity index (χ2v) is 9.12. The molecule has 2 aliphatic rings. The zero-order valence-electron chi connectivity index (χ0n) is 20.0. The third-order valence-corrected chi connectivity index (χ3v) is 6.90. The second kappa shape index (κ2) is 10.3. The molecule has 180 valence electrons. The Morgan fingerprint density at radius 1 is 1.00 bits per heavy atom. The highest BCUT2D eigenvalue weighted by molar-refractivity contribution is 6.02. The van der Waals surface area contributed by atoms with Crippen molar-refractivity contribution in [1.29, 1.82) is 0 Å². The Labute approximate surface area is 205 Å². The third-order valence-electron chi connectivity index (χ3n) is 6.90. The molecule has 7 nitrogen and oxygen atoms in total. The van der Waals surface area contributed by atoms with Crippen molar-refractivity contribution < 1.29 is 14.3 Å². The molecular formula is C28H30N4O3.